The summed E-state index contributed by atoms with van der Waals surface area (Å²) in [6, 6.07) is 15.9. The van der Waals surface area contributed by atoms with Crippen molar-refractivity contribution in [3.05, 3.63) is 58.6 Å². The molecule has 0 aromatic heterocycles. The van der Waals surface area contributed by atoms with Gasteiger partial charge in [0.05, 0.1) is 0 Å². The van der Waals surface area contributed by atoms with Crippen LogP contribution in [0, 0.1) is 0 Å². The van der Waals surface area contributed by atoms with Crippen LogP contribution in [0.5, 0.6) is 5.75 Å². The Bertz CT molecular complexity index is 542. The van der Waals surface area contributed by atoms with Crippen molar-refractivity contribution in [2.24, 2.45) is 0 Å². The summed E-state index contributed by atoms with van der Waals surface area (Å²) in [5, 5.41) is 0. The number of benzene rings is 2. The van der Waals surface area contributed by atoms with Gasteiger partial charge < -0.3 is 10.5 Å². The van der Waals surface area contributed by atoms with Crippen LogP contribution in [0.15, 0.2) is 53.0 Å². The predicted octanol–water partition coefficient (Wildman–Crippen LogP) is 3.54. The lowest BCUT2D eigenvalue weighted by Crippen LogP contribution is -2.23. The first-order valence-corrected chi connectivity index (χ1v) is 7.34. The van der Waals surface area contributed by atoms with Gasteiger partial charge in [0.25, 0.3) is 0 Å². The Kier molecular flexibility index (Phi) is 5.44. The number of hydrogen-bond acceptors (Lipinski definition) is 3. The molecule has 0 fully saturated rings. The highest BCUT2D eigenvalue weighted by Gasteiger charge is 2.01. The summed E-state index contributed by atoms with van der Waals surface area (Å²) in [5.41, 5.74) is 7.80. The van der Waals surface area contributed by atoms with Crippen LogP contribution in [0.3, 0.4) is 0 Å². The van der Waals surface area contributed by atoms with Crippen LogP contribution in [-0.4, -0.2) is 25.1 Å². The van der Waals surface area contributed by atoms with E-state index in [1.165, 1.54) is 5.56 Å². The summed E-state index contributed by atoms with van der Waals surface area (Å²) >= 11 is 3.41. The quantitative estimate of drug-likeness (QED) is 0.821. The molecule has 0 unspecified atom stereocenters. The minimum atomic E-state index is 0.667. The van der Waals surface area contributed by atoms with Crippen molar-refractivity contribution in [3.8, 4) is 5.75 Å². The van der Waals surface area contributed by atoms with Crippen molar-refractivity contribution < 1.29 is 4.74 Å². The first-order chi connectivity index (χ1) is 9.63. The number of ether oxygens (including phenoxy) is 1. The summed E-state index contributed by atoms with van der Waals surface area (Å²) in [6.45, 7) is 2.40. The zero-order valence-corrected chi connectivity index (χ0v) is 13.1. The standard InChI is InChI=1S/C16H19BrN2O/c1-19(12-13-3-2-4-15(18)11-13)9-10-20-16-7-5-14(17)6-8-16/h2-8,11H,9-10,12,18H2,1H3. The van der Waals surface area contributed by atoms with Crippen LogP contribution in [0.2, 0.25) is 0 Å². The van der Waals surface area contributed by atoms with Crippen molar-refractivity contribution in [2.45, 2.75) is 6.54 Å². The molecule has 106 valence electrons. The molecular formula is C16H19BrN2O. The second kappa shape index (κ2) is 7.31. The van der Waals surface area contributed by atoms with Crippen LogP contribution in [0.4, 0.5) is 5.69 Å². The highest BCUT2D eigenvalue weighted by Crippen LogP contribution is 2.16. The predicted molar refractivity (Wildman–Crippen MR) is 86.8 cm³/mol. The molecule has 0 atom stereocenters. The molecule has 0 aliphatic carbocycles. The molecule has 0 radical (unpaired) electrons. The molecule has 0 aliphatic heterocycles. The van der Waals surface area contributed by atoms with Gasteiger partial charge in [-0.25, -0.2) is 0 Å². The summed E-state index contributed by atoms with van der Waals surface area (Å²) < 4.78 is 6.76. The second-order valence-electron chi connectivity index (χ2n) is 4.79. The topological polar surface area (TPSA) is 38.5 Å². The fourth-order valence-corrected chi connectivity index (χ4v) is 2.20. The summed E-state index contributed by atoms with van der Waals surface area (Å²) in [7, 11) is 2.08. The van der Waals surface area contributed by atoms with Crippen molar-refractivity contribution >= 4 is 21.6 Å². The molecule has 2 N–H and O–H groups in total. The molecule has 3 nitrogen and oxygen atoms in total. The minimum absolute atomic E-state index is 0.667. The van der Waals surface area contributed by atoms with Crippen LogP contribution in [-0.2, 0) is 6.54 Å². The first kappa shape index (κ1) is 14.9. The van der Waals surface area contributed by atoms with Crippen LogP contribution in [0.1, 0.15) is 5.56 Å². The Morgan fingerprint density at radius 3 is 2.60 bits per heavy atom. The van der Waals surface area contributed by atoms with Gasteiger partial charge in [-0.1, -0.05) is 28.1 Å². The lowest BCUT2D eigenvalue weighted by Gasteiger charge is -2.17. The molecule has 4 heteroatoms. The summed E-state index contributed by atoms with van der Waals surface area (Å²) in [4.78, 5) is 2.22. The third-order valence-corrected chi connectivity index (χ3v) is 3.49. The second-order valence-corrected chi connectivity index (χ2v) is 5.70. The highest BCUT2D eigenvalue weighted by atomic mass is 79.9. The Morgan fingerprint density at radius 1 is 1.15 bits per heavy atom. The maximum atomic E-state index is 5.78. The zero-order valence-electron chi connectivity index (χ0n) is 11.6. The van der Waals surface area contributed by atoms with Crippen molar-refractivity contribution in [1.29, 1.82) is 0 Å². The number of anilines is 1. The maximum absolute atomic E-state index is 5.78. The normalized spacial score (nSPS) is 10.8. The lowest BCUT2D eigenvalue weighted by atomic mass is 10.2. The molecule has 0 bridgehead atoms. The number of nitrogen functional groups attached to an aromatic ring is 1. The van der Waals surface area contributed by atoms with E-state index in [0.29, 0.717) is 6.61 Å². The van der Waals surface area contributed by atoms with Gasteiger partial charge in [-0.15, -0.1) is 0 Å². The molecular weight excluding hydrogens is 316 g/mol. The van der Waals surface area contributed by atoms with Crippen LogP contribution < -0.4 is 10.5 Å². The summed E-state index contributed by atoms with van der Waals surface area (Å²) in [6.07, 6.45) is 0. The molecule has 2 aromatic rings. The fraction of sp³-hybridized carbons (Fsp3) is 0.250. The van der Waals surface area contributed by atoms with E-state index in [0.717, 1.165) is 29.0 Å². The van der Waals surface area contributed by atoms with E-state index in [1.54, 1.807) is 0 Å². The summed E-state index contributed by atoms with van der Waals surface area (Å²) in [5.74, 6) is 0.894. The number of hydrogen-bond donors (Lipinski definition) is 1. The number of halogens is 1. The number of nitrogens with two attached hydrogens (primary N) is 1. The Morgan fingerprint density at radius 2 is 1.90 bits per heavy atom. The molecule has 0 heterocycles. The van der Waals surface area contributed by atoms with E-state index in [4.69, 9.17) is 10.5 Å². The van der Waals surface area contributed by atoms with Gasteiger partial charge in [0.2, 0.25) is 0 Å². The molecule has 2 rings (SSSR count). The minimum Gasteiger partial charge on any atom is -0.492 e. The van der Waals surface area contributed by atoms with Gasteiger partial charge in [-0.2, -0.15) is 0 Å². The van der Waals surface area contributed by atoms with E-state index in [1.807, 2.05) is 42.5 Å². The van der Waals surface area contributed by atoms with E-state index >= 15 is 0 Å². The molecule has 0 aliphatic rings. The first-order valence-electron chi connectivity index (χ1n) is 6.55. The van der Waals surface area contributed by atoms with E-state index in [-0.39, 0.29) is 0 Å². The Balaban J connectivity index is 1.75. The maximum Gasteiger partial charge on any atom is 0.119 e. The van der Waals surface area contributed by atoms with Crippen LogP contribution >= 0.6 is 15.9 Å². The van der Waals surface area contributed by atoms with E-state index in [2.05, 4.69) is 33.9 Å². The fourth-order valence-electron chi connectivity index (χ4n) is 1.93. The Hall–Kier alpha value is -1.52. The average molecular weight is 335 g/mol. The van der Waals surface area contributed by atoms with Gasteiger partial charge in [0.15, 0.2) is 0 Å². The zero-order chi connectivity index (χ0) is 14.4. The molecule has 0 spiro atoms. The molecule has 0 saturated heterocycles. The smallest absolute Gasteiger partial charge is 0.119 e. The van der Waals surface area contributed by atoms with E-state index in [9.17, 15) is 0 Å². The molecule has 0 saturated carbocycles. The molecule has 2 aromatic carbocycles. The number of nitrogens with zero attached hydrogens (tertiary/aromatic N) is 1. The van der Waals surface area contributed by atoms with Gasteiger partial charge in [0.1, 0.15) is 12.4 Å². The molecule has 0 amide bonds. The number of likely N-dealkylation sites (N-methyl/N-ethyl adjacent to an activating group) is 1. The Labute approximate surface area is 128 Å². The third-order valence-electron chi connectivity index (χ3n) is 2.96. The van der Waals surface area contributed by atoms with Gasteiger partial charge >= 0.3 is 0 Å². The lowest BCUT2D eigenvalue weighted by molar-refractivity contribution is 0.233. The van der Waals surface area contributed by atoms with Crippen molar-refractivity contribution in [2.75, 3.05) is 25.9 Å². The third kappa shape index (κ3) is 4.87. The largest absolute Gasteiger partial charge is 0.492 e. The van der Waals surface area contributed by atoms with Crippen molar-refractivity contribution in [3.63, 3.8) is 0 Å². The van der Waals surface area contributed by atoms with Gasteiger partial charge in [-0.05, 0) is 49.0 Å². The average Bonchev–Trinajstić information content (AvgIpc) is 2.41. The SMILES string of the molecule is CN(CCOc1ccc(Br)cc1)Cc1cccc(N)c1. The van der Waals surface area contributed by atoms with Crippen LogP contribution in [0.25, 0.3) is 0 Å². The molecule has 20 heavy (non-hydrogen) atoms. The van der Waals surface area contributed by atoms with E-state index < -0.39 is 0 Å². The highest BCUT2D eigenvalue weighted by molar-refractivity contribution is 9.10. The van der Waals surface area contributed by atoms with Gasteiger partial charge in [0, 0.05) is 23.2 Å². The number of rotatable bonds is 6. The van der Waals surface area contributed by atoms with Crippen molar-refractivity contribution in [1.82, 2.24) is 4.90 Å². The van der Waals surface area contributed by atoms with Gasteiger partial charge in [-0.3, -0.25) is 4.90 Å². The monoisotopic (exact) mass is 334 g/mol.